The average molecular weight is 294 g/mol. The molecule has 0 unspecified atom stereocenters. The maximum absolute atomic E-state index is 5.81. The molecule has 0 atom stereocenters. The maximum Gasteiger partial charge on any atom is 0.137 e. The van der Waals surface area contributed by atoms with Crippen molar-refractivity contribution in [1.29, 1.82) is 0 Å². The van der Waals surface area contributed by atoms with E-state index >= 15 is 0 Å². The molecular formula is C14H20ClN5. The van der Waals surface area contributed by atoms with Crippen LogP contribution in [0.4, 0.5) is 5.69 Å². The Hall–Kier alpha value is -1.59. The predicted molar refractivity (Wildman–Crippen MR) is 81.7 cm³/mol. The van der Waals surface area contributed by atoms with E-state index in [0.29, 0.717) is 6.04 Å². The highest BCUT2D eigenvalue weighted by Crippen LogP contribution is 2.22. The lowest BCUT2D eigenvalue weighted by molar-refractivity contribution is 0.173. The van der Waals surface area contributed by atoms with E-state index in [-0.39, 0.29) is 12.4 Å². The molecule has 1 saturated heterocycles. The number of nitrogen functional groups attached to an aromatic ring is 1. The number of nitrogens with two attached hydrogens (primary N) is 1. The van der Waals surface area contributed by atoms with Crippen LogP contribution < -0.4 is 5.73 Å². The molecule has 0 radical (unpaired) electrons. The summed E-state index contributed by atoms with van der Waals surface area (Å²) >= 11 is 0. The molecule has 2 N–H and O–H groups in total. The van der Waals surface area contributed by atoms with Gasteiger partial charge < -0.3 is 5.73 Å². The molecule has 1 aliphatic heterocycles. The zero-order chi connectivity index (χ0) is 13.1. The Morgan fingerprint density at radius 2 is 2.05 bits per heavy atom. The van der Waals surface area contributed by atoms with Gasteiger partial charge in [0.1, 0.15) is 12.7 Å². The van der Waals surface area contributed by atoms with Crippen molar-refractivity contribution < 1.29 is 0 Å². The van der Waals surface area contributed by atoms with Crippen LogP contribution in [-0.4, -0.2) is 32.8 Å². The average Bonchev–Trinajstić information content (AvgIpc) is 2.94. The number of nitrogens with zero attached hydrogens (tertiary/aromatic N) is 4. The molecule has 3 rings (SSSR count). The van der Waals surface area contributed by atoms with Crippen LogP contribution in [0.2, 0.25) is 0 Å². The second-order valence-corrected chi connectivity index (χ2v) is 5.13. The van der Waals surface area contributed by atoms with Crippen LogP contribution in [0.25, 0.3) is 0 Å². The first-order valence-corrected chi connectivity index (χ1v) is 6.72. The molecule has 1 aromatic carbocycles. The van der Waals surface area contributed by atoms with Gasteiger partial charge in [-0.3, -0.25) is 4.90 Å². The van der Waals surface area contributed by atoms with Gasteiger partial charge in [0.05, 0.1) is 6.04 Å². The largest absolute Gasteiger partial charge is 0.399 e. The van der Waals surface area contributed by atoms with E-state index in [0.717, 1.165) is 38.2 Å². The van der Waals surface area contributed by atoms with Crippen LogP contribution in [-0.2, 0) is 6.54 Å². The van der Waals surface area contributed by atoms with Gasteiger partial charge in [-0.05, 0) is 30.5 Å². The quantitative estimate of drug-likeness (QED) is 0.881. The first kappa shape index (κ1) is 14.8. The van der Waals surface area contributed by atoms with Crippen LogP contribution in [0.5, 0.6) is 0 Å². The van der Waals surface area contributed by atoms with Crippen LogP contribution in [0.1, 0.15) is 24.4 Å². The van der Waals surface area contributed by atoms with Crippen LogP contribution in [0.15, 0.2) is 36.9 Å². The lowest BCUT2D eigenvalue weighted by atomic mass is 10.0. The number of piperidine rings is 1. The molecule has 2 aromatic rings. The van der Waals surface area contributed by atoms with E-state index in [1.165, 1.54) is 5.56 Å². The zero-order valence-electron chi connectivity index (χ0n) is 11.4. The Morgan fingerprint density at radius 1 is 1.25 bits per heavy atom. The van der Waals surface area contributed by atoms with E-state index in [9.17, 15) is 0 Å². The maximum atomic E-state index is 5.81. The van der Waals surface area contributed by atoms with Crippen molar-refractivity contribution in [3.8, 4) is 0 Å². The molecule has 1 aliphatic rings. The summed E-state index contributed by atoms with van der Waals surface area (Å²) in [6, 6.07) is 8.65. The lowest BCUT2D eigenvalue weighted by Crippen LogP contribution is -2.34. The summed E-state index contributed by atoms with van der Waals surface area (Å²) in [5.41, 5.74) is 7.95. The molecule has 20 heavy (non-hydrogen) atoms. The Labute approximate surface area is 125 Å². The minimum Gasteiger partial charge on any atom is -0.399 e. The Bertz CT molecular complexity index is 520. The third kappa shape index (κ3) is 3.49. The summed E-state index contributed by atoms with van der Waals surface area (Å²) in [4.78, 5) is 6.49. The van der Waals surface area contributed by atoms with Crippen molar-refractivity contribution in [2.24, 2.45) is 0 Å². The normalized spacial score (nSPS) is 16.8. The smallest absolute Gasteiger partial charge is 0.137 e. The zero-order valence-corrected chi connectivity index (χ0v) is 12.2. The van der Waals surface area contributed by atoms with Crippen molar-refractivity contribution in [3.63, 3.8) is 0 Å². The van der Waals surface area contributed by atoms with Crippen LogP contribution >= 0.6 is 12.4 Å². The molecule has 0 aliphatic carbocycles. The minimum atomic E-state index is 0. The van der Waals surface area contributed by atoms with Gasteiger partial charge in [0.2, 0.25) is 0 Å². The minimum absolute atomic E-state index is 0. The van der Waals surface area contributed by atoms with E-state index in [1.807, 2.05) is 23.1 Å². The number of rotatable bonds is 3. The first-order chi connectivity index (χ1) is 9.31. The van der Waals surface area contributed by atoms with E-state index < -0.39 is 0 Å². The number of hydrogen-bond acceptors (Lipinski definition) is 4. The lowest BCUT2D eigenvalue weighted by Gasteiger charge is -2.31. The number of anilines is 1. The Kier molecular flexibility index (Phi) is 4.98. The number of halogens is 1. The summed E-state index contributed by atoms with van der Waals surface area (Å²) in [5.74, 6) is 0. The first-order valence-electron chi connectivity index (χ1n) is 6.72. The highest BCUT2D eigenvalue weighted by atomic mass is 35.5. The molecule has 0 spiro atoms. The highest BCUT2D eigenvalue weighted by molar-refractivity contribution is 5.85. The summed E-state index contributed by atoms with van der Waals surface area (Å²) in [5, 5.41) is 4.23. The summed E-state index contributed by atoms with van der Waals surface area (Å²) < 4.78 is 1.98. The summed E-state index contributed by atoms with van der Waals surface area (Å²) in [6.07, 6.45) is 5.69. The van der Waals surface area contributed by atoms with Crippen molar-refractivity contribution in [2.75, 3.05) is 18.8 Å². The summed E-state index contributed by atoms with van der Waals surface area (Å²) in [7, 11) is 0. The molecule has 2 heterocycles. The predicted octanol–water partition coefficient (Wildman–Crippen LogP) is 2.12. The number of likely N-dealkylation sites (tertiary alicyclic amines) is 1. The molecule has 1 aromatic heterocycles. The van der Waals surface area contributed by atoms with Gasteiger partial charge >= 0.3 is 0 Å². The van der Waals surface area contributed by atoms with Crippen molar-refractivity contribution >= 4 is 18.1 Å². The van der Waals surface area contributed by atoms with Gasteiger partial charge in [0.25, 0.3) is 0 Å². The number of benzene rings is 1. The molecular weight excluding hydrogens is 274 g/mol. The molecule has 0 amide bonds. The van der Waals surface area contributed by atoms with Crippen molar-refractivity contribution in [1.82, 2.24) is 19.7 Å². The fourth-order valence-electron chi connectivity index (χ4n) is 2.70. The molecule has 5 nitrogen and oxygen atoms in total. The van der Waals surface area contributed by atoms with Gasteiger partial charge in [-0.15, -0.1) is 12.4 Å². The summed E-state index contributed by atoms with van der Waals surface area (Å²) in [6.45, 7) is 3.17. The molecule has 6 heteroatoms. The fraction of sp³-hybridized carbons (Fsp3) is 0.429. The third-order valence-electron chi connectivity index (χ3n) is 3.73. The highest BCUT2D eigenvalue weighted by Gasteiger charge is 2.20. The van der Waals surface area contributed by atoms with Crippen LogP contribution in [0.3, 0.4) is 0 Å². The SMILES string of the molecule is Cl.Nc1cccc(CN2CCC(n3cncn3)CC2)c1. The van der Waals surface area contributed by atoms with Crippen molar-refractivity contribution in [3.05, 3.63) is 42.5 Å². The van der Waals surface area contributed by atoms with E-state index in [1.54, 1.807) is 6.33 Å². The number of aromatic nitrogens is 3. The van der Waals surface area contributed by atoms with Gasteiger partial charge in [-0.25, -0.2) is 9.67 Å². The van der Waals surface area contributed by atoms with Gasteiger partial charge in [0.15, 0.2) is 0 Å². The molecule has 108 valence electrons. The van der Waals surface area contributed by atoms with Gasteiger partial charge in [-0.2, -0.15) is 5.10 Å². The third-order valence-corrected chi connectivity index (χ3v) is 3.73. The van der Waals surface area contributed by atoms with E-state index in [2.05, 4.69) is 27.1 Å². The Balaban J connectivity index is 0.00000147. The van der Waals surface area contributed by atoms with E-state index in [4.69, 9.17) is 5.73 Å². The molecule has 0 saturated carbocycles. The second kappa shape index (κ2) is 6.72. The monoisotopic (exact) mass is 293 g/mol. The standard InChI is InChI=1S/C14H19N5.ClH/c15-13-3-1-2-12(8-13)9-18-6-4-14(5-7-18)19-11-16-10-17-19;/h1-3,8,10-11,14H,4-7,9,15H2;1H. The number of hydrogen-bond donors (Lipinski definition) is 1. The topological polar surface area (TPSA) is 60.0 Å². The molecule has 1 fully saturated rings. The second-order valence-electron chi connectivity index (χ2n) is 5.13. The van der Waals surface area contributed by atoms with Crippen molar-refractivity contribution in [2.45, 2.75) is 25.4 Å². The Morgan fingerprint density at radius 3 is 2.70 bits per heavy atom. The van der Waals surface area contributed by atoms with Crippen LogP contribution in [0, 0.1) is 0 Å². The van der Waals surface area contributed by atoms with Gasteiger partial charge in [0, 0.05) is 25.3 Å². The fourth-order valence-corrected chi connectivity index (χ4v) is 2.70. The molecule has 0 bridgehead atoms. The van der Waals surface area contributed by atoms with Gasteiger partial charge in [-0.1, -0.05) is 12.1 Å².